The fourth-order valence-corrected chi connectivity index (χ4v) is 2.57. The highest BCUT2D eigenvalue weighted by molar-refractivity contribution is 5.78. The lowest BCUT2D eigenvalue weighted by Gasteiger charge is -2.35. The molecule has 0 spiro atoms. The summed E-state index contributed by atoms with van der Waals surface area (Å²) < 4.78 is 0. The Morgan fingerprint density at radius 3 is 2.60 bits per heavy atom. The van der Waals surface area contributed by atoms with E-state index in [0.717, 1.165) is 51.9 Å². The van der Waals surface area contributed by atoms with Crippen molar-refractivity contribution in [3.05, 3.63) is 0 Å². The Balaban J connectivity index is 1.83. The molecule has 82 valence electrons. The van der Waals surface area contributed by atoms with Crippen molar-refractivity contribution in [3.63, 3.8) is 0 Å². The van der Waals surface area contributed by atoms with E-state index in [0.29, 0.717) is 11.9 Å². The Morgan fingerprint density at radius 2 is 2.07 bits per heavy atom. The number of amides is 1. The Bertz CT molecular complexity index is 274. The van der Waals surface area contributed by atoms with E-state index in [1.54, 1.807) is 0 Å². The molecule has 3 nitrogen and oxygen atoms in total. The summed E-state index contributed by atoms with van der Waals surface area (Å²) in [6.07, 6.45) is 9.26. The molecule has 0 saturated carbocycles. The molecule has 0 aromatic carbocycles. The zero-order chi connectivity index (χ0) is 10.7. The number of likely N-dealkylation sites (tertiary alicyclic amines) is 2. The van der Waals surface area contributed by atoms with Gasteiger partial charge < -0.3 is 4.90 Å². The van der Waals surface area contributed by atoms with Crippen molar-refractivity contribution in [1.29, 1.82) is 0 Å². The van der Waals surface area contributed by atoms with Crippen molar-refractivity contribution in [1.82, 2.24) is 9.80 Å². The maximum Gasteiger partial charge on any atom is 0.222 e. The fraction of sp³-hybridized carbons (Fsp3) is 0.750. The van der Waals surface area contributed by atoms with E-state index in [1.165, 1.54) is 0 Å². The predicted molar refractivity (Wildman–Crippen MR) is 59.2 cm³/mol. The molecule has 0 aromatic heterocycles. The van der Waals surface area contributed by atoms with Gasteiger partial charge >= 0.3 is 0 Å². The lowest BCUT2D eigenvalue weighted by molar-refractivity contribution is -0.130. The number of carbonyl (C=O) groups is 1. The molecule has 2 aliphatic rings. The minimum atomic E-state index is 0.352. The maximum absolute atomic E-state index is 11.6. The molecule has 0 N–H and O–H groups in total. The van der Waals surface area contributed by atoms with Crippen LogP contribution in [0.2, 0.25) is 0 Å². The number of rotatable bonds is 2. The summed E-state index contributed by atoms with van der Waals surface area (Å²) in [6, 6.07) is 0.481. The standard InChI is InChI=1S/C12H18N2O/c1-2-7-13-9-5-11(6-10-13)14-8-3-4-12(14)15/h1,11H,3-10H2. The average molecular weight is 206 g/mol. The van der Waals surface area contributed by atoms with Crippen LogP contribution in [-0.2, 0) is 4.79 Å². The van der Waals surface area contributed by atoms with Crippen molar-refractivity contribution in [3.8, 4) is 12.3 Å². The summed E-state index contributed by atoms with van der Waals surface area (Å²) in [5.41, 5.74) is 0. The molecule has 0 bridgehead atoms. The third-order valence-corrected chi connectivity index (χ3v) is 3.42. The summed E-state index contributed by atoms with van der Waals surface area (Å²) in [6.45, 7) is 3.80. The Morgan fingerprint density at radius 1 is 1.33 bits per heavy atom. The van der Waals surface area contributed by atoms with Crippen molar-refractivity contribution in [2.75, 3.05) is 26.2 Å². The van der Waals surface area contributed by atoms with E-state index in [4.69, 9.17) is 6.42 Å². The second-order valence-electron chi connectivity index (χ2n) is 4.40. The van der Waals surface area contributed by atoms with Crippen LogP contribution in [0.3, 0.4) is 0 Å². The molecule has 2 rings (SSSR count). The van der Waals surface area contributed by atoms with Crippen LogP contribution >= 0.6 is 0 Å². The Kier molecular flexibility index (Phi) is 3.27. The monoisotopic (exact) mass is 206 g/mol. The minimum absolute atomic E-state index is 0.352. The molecule has 2 aliphatic heterocycles. The molecule has 0 atom stereocenters. The van der Waals surface area contributed by atoms with Crippen LogP contribution in [0.4, 0.5) is 0 Å². The van der Waals surface area contributed by atoms with Gasteiger partial charge in [0.25, 0.3) is 0 Å². The number of hydrogen-bond acceptors (Lipinski definition) is 2. The van der Waals surface area contributed by atoms with Gasteiger partial charge in [-0.15, -0.1) is 6.42 Å². The van der Waals surface area contributed by atoms with Crippen molar-refractivity contribution >= 4 is 5.91 Å². The van der Waals surface area contributed by atoms with Gasteiger partial charge in [-0.2, -0.15) is 0 Å². The van der Waals surface area contributed by atoms with E-state index in [1.807, 2.05) is 0 Å². The molecule has 0 radical (unpaired) electrons. The van der Waals surface area contributed by atoms with Crippen LogP contribution in [0.5, 0.6) is 0 Å². The SMILES string of the molecule is C#CCN1CCC(N2CCCC2=O)CC1. The van der Waals surface area contributed by atoms with Gasteiger partial charge in [0.2, 0.25) is 5.91 Å². The quantitative estimate of drug-likeness (QED) is 0.621. The summed E-state index contributed by atoms with van der Waals surface area (Å²) in [5.74, 6) is 3.03. The van der Waals surface area contributed by atoms with Gasteiger partial charge in [0.15, 0.2) is 0 Å². The van der Waals surface area contributed by atoms with Crippen molar-refractivity contribution < 1.29 is 4.79 Å². The molecule has 2 heterocycles. The van der Waals surface area contributed by atoms with E-state index >= 15 is 0 Å². The smallest absolute Gasteiger partial charge is 0.222 e. The first-order valence-corrected chi connectivity index (χ1v) is 5.76. The molecule has 2 fully saturated rings. The third kappa shape index (κ3) is 2.32. The predicted octanol–water partition coefficient (Wildman–Crippen LogP) is 0.706. The van der Waals surface area contributed by atoms with E-state index in [2.05, 4.69) is 15.7 Å². The largest absolute Gasteiger partial charge is 0.340 e. The van der Waals surface area contributed by atoms with Crippen LogP contribution in [0.25, 0.3) is 0 Å². The number of terminal acetylenes is 1. The molecule has 0 unspecified atom stereocenters. The molecule has 0 aromatic rings. The molecule has 3 heteroatoms. The highest BCUT2D eigenvalue weighted by Gasteiger charge is 2.30. The Labute approximate surface area is 91.4 Å². The number of piperidine rings is 1. The van der Waals surface area contributed by atoms with Gasteiger partial charge in [0.1, 0.15) is 0 Å². The summed E-state index contributed by atoms with van der Waals surface area (Å²) in [4.78, 5) is 15.9. The zero-order valence-corrected chi connectivity index (χ0v) is 9.11. The van der Waals surface area contributed by atoms with E-state index in [-0.39, 0.29) is 0 Å². The van der Waals surface area contributed by atoms with Crippen molar-refractivity contribution in [2.24, 2.45) is 0 Å². The van der Waals surface area contributed by atoms with Crippen LogP contribution in [0.15, 0.2) is 0 Å². The minimum Gasteiger partial charge on any atom is -0.340 e. The van der Waals surface area contributed by atoms with Gasteiger partial charge in [0.05, 0.1) is 6.54 Å². The summed E-state index contributed by atoms with van der Waals surface area (Å²) >= 11 is 0. The first-order valence-electron chi connectivity index (χ1n) is 5.76. The topological polar surface area (TPSA) is 23.6 Å². The van der Waals surface area contributed by atoms with Gasteiger partial charge in [0, 0.05) is 32.1 Å². The molecular weight excluding hydrogens is 188 g/mol. The van der Waals surface area contributed by atoms with Gasteiger partial charge in [-0.3, -0.25) is 9.69 Å². The first kappa shape index (κ1) is 10.5. The van der Waals surface area contributed by atoms with Crippen molar-refractivity contribution in [2.45, 2.75) is 31.7 Å². The molecule has 2 saturated heterocycles. The summed E-state index contributed by atoms with van der Waals surface area (Å²) in [7, 11) is 0. The Hall–Kier alpha value is -1.01. The molecule has 0 aliphatic carbocycles. The maximum atomic E-state index is 11.6. The third-order valence-electron chi connectivity index (χ3n) is 3.42. The second-order valence-corrected chi connectivity index (χ2v) is 4.40. The number of carbonyl (C=O) groups excluding carboxylic acids is 1. The number of hydrogen-bond donors (Lipinski definition) is 0. The van der Waals surface area contributed by atoms with Crippen LogP contribution in [-0.4, -0.2) is 47.9 Å². The second kappa shape index (κ2) is 4.67. The highest BCUT2D eigenvalue weighted by Crippen LogP contribution is 2.21. The van der Waals surface area contributed by atoms with Crippen LogP contribution in [0, 0.1) is 12.3 Å². The normalized spacial score (nSPS) is 24.5. The first-order chi connectivity index (χ1) is 7.31. The van der Waals surface area contributed by atoms with Gasteiger partial charge in [-0.05, 0) is 19.3 Å². The van der Waals surface area contributed by atoms with Gasteiger partial charge in [-0.25, -0.2) is 0 Å². The molecule has 1 amide bonds. The lowest BCUT2D eigenvalue weighted by Crippen LogP contribution is -2.45. The van der Waals surface area contributed by atoms with Crippen LogP contribution in [0.1, 0.15) is 25.7 Å². The zero-order valence-electron chi connectivity index (χ0n) is 9.11. The van der Waals surface area contributed by atoms with E-state index < -0.39 is 0 Å². The molecular formula is C12H18N2O. The molecule has 15 heavy (non-hydrogen) atoms. The fourth-order valence-electron chi connectivity index (χ4n) is 2.57. The van der Waals surface area contributed by atoms with E-state index in [9.17, 15) is 4.79 Å². The average Bonchev–Trinajstić information content (AvgIpc) is 2.66. The lowest BCUT2D eigenvalue weighted by atomic mass is 10.0. The van der Waals surface area contributed by atoms with Crippen LogP contribution < -0.4 is 0 Å². The van der Waals surface area contributed by atoms with Gasteiger partial charge in [-0.1, -0.05) is 5.92 Å². The highest BCUT2D eigenvalue weighted by atomic mass is 16.2. The summed E-state index contributed by atoms with van der Waals surface area (Å²) in [5, 5.41) is 0. The number of nitrogens with zero attached hydrogens (tertiary/aromatic N) is 2.